The maximum atomic E-state index is 10.8. The van der Waals surface area contributed by atoms with Crippen LogP contribution in [0.15, 0.2) is 29.8 Å². The highest BCUT2D eigenvalue weighted by Crippen LogP contribution is 2.29. The molecule has 0 aliphatic carbocycles. The van der Waals surface area contributed by atoms with Crippen molar-refractivity contribution in [3.05, 3.63) is 35.4 Å². The lowest BCUT2D eigenvalue weighted by molar-refractivity contribution is -0.132. The van der Waals surface area contributed by atoms with E-state index in [1.807, 2.05) is 24.3 Å². The molecule has 1 aromatic rings. The van der Waals surface area contributed by atoms with Gasteiger partial charge in [-0.3, -0.25) is 0 Å². The number of hydrogen-bond acceptors (Lipinski definition) is 3. The van der Waals surface area contributed by atoms with Gasteiger partial charge in [0.25, 0.3) is 0 Å². The van der Waals surface area contributed by atoms with E-state index in [0.29, 0.717) is 17.1 Å². The topological polar surface area (TPSA) is 46.5 Å². The quantitative estimate of drug-likeness (QED) is 0.719. The van der Waals surface area contributed by atoms with Crippen LogP contribution in [0.25, 0.3) is 6.08 Å². The molecule has 1 aliphatic rings. The first-order valence-electron chi connectivity index (χ1n) is 4.10. The van der Waals surface area contributed by atoms with Gasteiger partial charge in [0.2, 0.25) is 0 Å². The molecule has 2 rings (SSSR count). The normalized spacial score (nSPS) is 14.7. The summed E-state index contributed by atoms with van der Waals surface area (Å²) in [5.74, 6) is 0.191. The molecule has 0 bridgehead atoms. The smallest absolute Gasteiger partial charge is 0.332 e. The molecule has 0 fully saturated rings. The van der Waals surface area contributed by atoms with Crippen molar-refractivity contribution in [3.63, 3.8) is 0 Å². The molecule has 4 heteroatoms. The third-order valence-corrected chi connectivity index (χ3v) is 2.61. The Hall–Kier alpha value is -1.42. The molecule has 1 aromatic carbocycles. The number of fused-ring (bicyclic) bond motifs is 1. The number of para-hydroxylation sites is 1. The first-order valence-corrected chi connectivity index (χ1v) is 5.01. The highest BCUT2D eigenvalue weighted by Gasteiger charge is 2.14. The fraction of sp³-hybridized carbons (Fsp3) is 0.100. The molecular formula is C10H8O3S. The zero-order valence-corrected chi connectivity index (χ0v) is 8.08. The van der Waals surface area contributed by atoms with E-state index in [1.165, 1.54) is 0 Å². The number of carboxylic acids is 1. The number of aliphatic carboxylic acids is 1. The van der Waals surface area contributed by atoms with Gasteiger partial charge in [-0.15, -0.1) is 0 Å². The predicted octanol–water partition coefficient (Wildman–Crippen LogP) is 2.20. The van der Waals surface area contributed by atoms with Gasteiger partial charge in [-0.25, -0.2) is 4.79 Å². The molecule has 3 nitrogen and oxygen atoms in total. The first-order chi connectivity index (χ1) is 6.77. The molecule has 1 aliphatic heterocycles. The van der Waals surface area contributed by atoms with Crippen molar-refractivity contribution in [2.45, 2.75) is 0 Å². The van der Waals surface area contributed by atoms with Crippen molar-refractivity contribution >= 4 is 24.1 Å². The molecule has 14 heavy (non-hydrogen) atoms. The van der Waals surface area contributed by atoms with Crippen LogP contribution in [0.1, 0.15) is 5.56 Å². The molecule has 0 spiro atoms. The molecule has 0 saturated heterocycles. The van der Waals surface area contributed by atoms with E-state index >= 15 is 0 Å². The van der Waals surface area contributed by atoms with E-state index in [1.54, 1.807) is 6.08 Å². The lowest BCUT2D eigenvalue weighted by atomic mass is 10.1. The summed E-state index contributed by atoms with van der Waals surface area (Å²) >= 11 is 1.15. The number of carbonyl (C=O) groups is 1. The number of benzene rings is 1. The Morgan fingerprint density at radius 3 is 3.00 bits per heavy atom. The van der Waals surface area contributed by atoms with Gasteiger partial charge in [-0.1, -0.05) is 18.2 Å². The minimum Gasteiger partial charge on any atom is -0.478 e. The Balaban J connectivity index is 2.44. The highest BCUT2D eigenvalue weighted by molar-refractivity contribution is 7.95. The van der Waals surface area contributed by atoms with Gasteiger partial charge in [0.05, 0.1) is 23.4 Å². The molecule has 0 radical (unpaired) electrons. The van der Waals surface area contributed by atoms with Gasteiger partial charge < -0.3 is 9.29 Å². The maximum absolute atomic E-state index is 10.8. The standard InChI is InChI=1S/C10H8O3S/c11-10(12)8-5-7-3-1-2-4-9(7)13-14-6-8/h1-5H,6H2,(H,11,12). The van der Waals surface area contributed by atoms with Crippen molar-refractivity contribution in [2.24, 2.45) is 0 Å². The highest BCUT2D eigenvalue weighted by atomic mass is 32.2. The maximum Gasteiger partial charge on any atom is 0.332 e. The third-order valence-electron chi connectivity index (χ3n) is 1.89. The number of carboxylic acid groups (broad SMARTS) is 1. The molecule has 1 N–H and O–H groups in total. The molecule has 0 saturated carbocycles. The summed E-state index contributed by atoms with van der Waals surface area (Å²) in [6, 6.07) is 7.38. The van der Waals surface area contributed by atoms with Crippen LogP contribution in [0, 0.1) is 0 Å². The fourth-order valence-electron chi connectivity index (χ4n) is 1.18. The van der Waals surface area contributed by atoms with Crippen LogP contribution in [0.3, 0.4) is 0 Å². The third kappa shape index (κ3) is 1.75. The van der Waals surface area contributed by atoms with Gasteiger partial charge in [0, 0.05) is 5.56 Å². The lowest BCUT2D eigenvalue weighted by Crippen LogP contribution is -2.02. The Morgan fingerprint density at radius 2 is 2.21 bits per heavy atom. The molecule has 0 unspecified atom stereocenters. The average molecular weight is 208 g/mol. The molecule has 0 aromatic heterocycles. The Morgan fingerprint density at radius 1 is 1.43 bits per heavy atom. The SMILES string of the molecule is O=C(O)C1=Cc2ccccc2OSC1. The lowest BCUT2D eigenvalue weighted by Gasteiger charge is -2.01. The summed E-state index contributed by atoms with van der Waals surface area (Å²) in [7, 11) is 0. The van der Waals surface area contributed by atoms with Gasteiger partial charge >= 0.3 is 5.97 Å². The van der Waals surface area contributed by atoms with Gasteiger partial charge in [0.1, 0.15) is 5.75 Å². The summed E-state index contributed by atoms with van der Waals surface area (Å²) in [6.07, 6.45) is 1.65. The zero-order valence-electron chi connectivity index (χ0n) is 7.27. The minimum atomic E-state index is -0.891. The van der Waals surface area contributed by atoms with Crippen molar-refractivity contribution in [2.75, 3.05) is 5.75 Å². The van der Waals surface area contributed by atoms with E-state index < -0.39 is 5.97 Å². The van der Waals surface area contributed by atoms with Crippen molar-refractivity contribution < 1.29 is 14.1 Å². The van der Waals surface area contributed by atoms with Crippen LogP contribution < -0.4 is 4.18 Å². The Labute approximate surface area is 85.6 Å². The summed E-state index contributed by atoms with van der Waals surface area (Å²) in [5, 5.41) is 8.85. The predicted molar refractivity (Wildman–Crippen MR) is 55.1 cm³/mol. The number of rotatable bonds is 1. The molecule has 72 valence electrons. The van der Waals surface area contributed by atoms with Crippen LogP contribution in [-0.4, -0.2) is 16.8 Å². The van der Waals surface area contributed by atoms with Gasteiger partial charge in [0.15, 0.2) is 0 Å². The van der Waals surface area contributed by atoms with E-state index in [4.69, 9.17) is 9.29 Å². The zero-order chi connectivity index (χ0) is 9.97. The fourth-order valence-corrected chi connectivity index (χ4v) is 1.86. The van der Waals surface area contributed by atoms with Crippen LogP contribution in [-0.2, 0) is 4.79 Å². The van der Waals surface area contributed by atoms with Gasteiger partial charge in [-0.05, 0) is 12.1 Å². The second-order valence-corrected chi connectivity index (χ2v) is 3.55. The molecule has 0 atom stereocenters. The average Bonchev–Trinajstić information content (AvgIpc) is 2.39. The molecule has 1 heterocycles. The second-order valence-electron chi connectivity index (χ2n) is 2.86. The van der Waals surface area contributed by atoms with Crippen LogP contribution in [0.2, 0.25) is 0 Å². The van der Waals surface area contributed by atoms with Crippen LogP contribution in [0.5, 0.6) is 5.75 Å². The van der Waals surface area contributed by atoms with Crippen LogP contribution >= 0.6 is 12.0 Å². The van der Waals surface area contributed by atoms with E-state index in [9.17, 15) is 4.79 Å². The van der Waals surface area contributed by atoms with Crippen molar-refractivity contribution in [3.8, 4) is 5.75 Å². The van der Waals surface area contributed by atoms with E-state index in [0.717, 1.165) is 17.6 Å². The van der Waals surface area contributed by atoms with Gasteiger partial charge in [-0.2, -0.15) is 0 Å². The van der Waals surface area contributed by atoms with Crippen molar-refractivity contribution in [1.29, 1.82) is 0 Å². The Bertz CT molecular complexity index is 398. The second kappa shape index (κ2) is 3.75. The molecular weight excluding hydrogens is 200 g/mol. The summed E-state index contributed by atoms with van der Waals surface area (Å²) in [5.41, 5.74) is 1.18. The van der Waals surface area contributed by atoms with Crippen molar-refractivity contribution in [1.82, 2.24) is 0 Å². The summed E-state index contributed by atoms with van der Waals surface area (Å²) in [6.45, 7) is 0. The summed E-state index contributed by atoms with van der Waals surface area (Å²) < 4.78 is 5.33. The number of hydrogen-bond donors (Lipinski definition) is 1. The minimum absolute atomic E-state index is 0.361. The Kier molecular flexibility index (Phi) is 2.45. The first kappa shape index (κ1) is 9.15. The van der Waals surface area contributed by atoms with E-state index in [2.05, 4.69) is 0 Å². The van der Waals surface area contributed by atoms with Crippen LogP contribution in [0.4, 0.5) is 0 Å². The van der Waals surface area contributed by atoms with E-state index in [-0.39, 0.29) is 0 Å². The largest absolute Gasteiger partial charge is 0.478 e. The molecule has 0 amide bonds. The summed E-state index contributed by atoms with van der Waals surface area (Å²) in [4.78, 5) is 10.8. The monoisotopic (exact) mass is 208 g/mol.